The molecule has 0 fully saturated rings. The number of hydrogen-bond donors (Lipinski definition) is 2. The van der Waals surface area contributed by atoms with E-state index in [-0.39, 0.29) is 5.75 Å². The zero-order chi connectivity index (χ0) is 11.9. The van der Waals surface area contributed by atoms with Gasteiger partial charge in [0.1, 0.15) is 19.0 Å². The molecule has 1 aliphatic heterocycles. The van der Waals surface area contributed by atoms with Gasteiger partial charge in [0, 0.05) is 6.07 Å². The molecular formula is C11H13BrO4. The fourth-order valence-electron chi connectivity index (χ4n) is 1.71. The summed E-state index contributed by atoms with van der Waals surface area (Å²) in [6, 6.07) is 1.64. The molecule has 2 rings (SSSR count). The molecule has 0 spiro atoms. The van der Waals surface area contributed by atoms with Crippen LogP contribution in [0.4, 0.5) is 0 Å². The van der Waals surface area contributed by atoms with E-state index in [1.165, 1.54) is 0 Å². The fraction of sp³-hybridized carbons (Fsp3) is 0.455. The van der Waals surface area contributed by atoms with Gasteiger partial charge in [0.2, 0.25) is 0 Å². The van der Waals surface area contributed by atoms with Crippen LogP contribution in [-0.4, -0.2) is 23.4 Å². The van der Waals surface area contributed by atoms with E-state index in [0.29, 0.717) is 34.7 Å². The minimum atomic E-state index is -1.20. The molecule has 0 atom stereocenters. The monoisotopic (exact) mass is 288 g/mol. The maximum absolute atomic E-state index is 10.0. The number of phenols is 1. The van der Waals surface area contributed by atoms with E-state index < -0.39 is 5.60 Å². The van der Waals surface area contributed by atoms with Gasteiger partial charge in [-0.1, -0.05) is 0 Å². The first-order valence-electron chi connectivity index (χ1n) is 4.95. The van der Waals surface area contributed by atoms with Crippen LogP contribution in [0.15, 0.2) is 10.5 Å². The van der Waals surface area contributed by atoms with Crippen molar-refractivity contribution in [2.24, 2.45) is 0 Å². The number of hydrogen-bond acceptors (Lipinski definition) is 4. The smallest absolute Gasteiger partial charge is 0.171 e. The molecule has 0 bridgehead atoms. The van der Waals surface area contributed by atoms with E-state index in [4.69, 9.17) is 9.47 Å². The van der Waals surface area contributed by atoms with Gasteiger partial charge >= 0.3 is 0 Å². The summed E-state index contributed by atoms with van der Waals surface area (Å²) in [5, 5.41) is 20.0. The maximum Gasteiger partial charge on any atom is 0.171 e. The molecule has 0 saturated heterocycles. The summed E-state index contributed by atoms with van der Waals surface area (Å²) in [6.07, 6.45) is 0. The highest BCUT2D eigenvalue weighted by Gasteiger charge is 2.31. The van der Waals surface area contributed by atoms with Gasteiger partial charge in [-0.05, 0) is 29.8 Å². The molecule has 2 N–H and O–H groups in total. The summed E-state index contributed by atoms with van der Waals surface area (Å²) in [5.41, 5.74) is -0.852. The number of phenolic OH excluding ortho intramolecular Hbond substituents is 1. The standard InChI is InChI=1S/C11H13BrO4/c1-11(2,14)8-9(13)6(12)5-7-10(8)16-4-3-15-7/h5,13-14H,3-4H2,1-2H3. The average Bonchev–Trinajstić information content (AvgIpc) is 2.17. The molecule has 0 saturated carbocycles. The van der Waals surface area contributed by atoms with E-state index in [1.807, 2.05) is 0 Å². The van der Waals surface area contributed by atoms with Gasteiger partial charge in [0.05, 0.1) is 15.6 Å². The van der Waals surface area contributed by atoms with Crippen LogP contribution in [0.25, 0.3) is 0 Å². The van der Waals surface area contributed by atoms with E-state index in [1.54, 1.807) is 19.9 Å². The molecule has 16 heavy (non-hydrogen) atoms. The van der Waals surface area contributed by atoms with Crippen LogP contribution in [0.3, 0.4) is 0 Å². The Labute approximate surface area is 102 Å². The second-order valence-corrected chi connectivity index (χ2v) is 5.02. The third-order valence-electron chi connectivity index (χ3n) is 2.37. The second kappa shape index (κ2) is 3.82. The largest absolute Gasteiger partial charge is 0.506 e. The third kappa shape index (κ3) is 1.85. The van der Waals surface area contributed by atoms with Gasteiger partial charge in [0.25, 0.3) is 0 Å². The minimum absolute atomic E-state index is 0.0169. The van der Waals surface area contributed by atoms with Crippen molar-refractivity contribution in [2.75, 3.05) is 13.2 Å². The zero-order valence-electron chi connectivity index (χ0n) is 9.08. The van der Waals surface area contributed by atoms with Gasteiger partial charge in [-0.3, -0.25) is 0 Å². The molecule has 5 heteroatoms. The first-order valence-corrected chi connectivity index (χ1v) is 5.74. The highest BCUT2D eigenvalue weighted by molar-refractivity contribution is 9.10. The van der Waals surface area contributed by atoms with Crippen LogP contribution in [-0.2, 0) is 5.60 Å². The van der Waals surface area contributed by atoms with Gasteiger partial charge in [-0.2, -0.15) is 0 Å². The lowest BCUT2D eigenvalue weighted by molar-refractivity contribution is 0.0671. The molecular weight excluding hydrogens is 276 g/mol. The van der Waals surface area contributed by atoms with Crippen molar-refractivity contribution >= 4 is 15.9 Å². The van der Waals surface area contributed by atoms with Gasteiger partial charge in [-0.15, -0.1) is 0 Å². The first-order chi connectivity index (χ1) is 7.41. The number of halogens is 1. The summed E-state index contributed by atoms with van der Waals surface area (Å²) in [7, 11) is 0. The van der Waals surface area contributed by atoms with Crippen LogP contribution in [0.2, 0.25) is 0 Å². The van der Waals surface area contributed by atoms with Gasteiger partial charge in [-0.25, -0.2) is 0 Å². The van der Waals surface area contributed by atoms with Crippen molar-refractivity contribution in [2.45, 2.75) is 19.4 Å². The molecule has 0 aromatic heterocycles. The number of aromatic hydroxyl groups is 1. The van der Waals surface area contributed by atoms with Crippen LogP contribution in [0.1, 0.15) is 19.4 Å². The predicted molar refractivity (Wildman–Crippen MR) is 62.0 cm³/mol. The highest BCUT2D eigenvalue weighted by Crippen LogP contribution is 2.48. The lowest BCUT2D eigenvalue weighted by atomic mass is 9.95. The molecule has 1 heterocycles. The van der Waals surface area contributed by atoms with E-state index in [2.05, 4.69) is 15.9 Å². The number of ether oxygens (including phenoxy) is 2. The lowest BCUT2D eigenvalue weighted by Crippen LogP contribution is -2.22. The summed E-state index contributed by atoms with van der Waals surface area (Å²) >= 11 is 3.22. The molecule has 88 valence electrons. The van der Waals surface area contributed by atoms with Crippen molar-refractivity contribution in [3.05, 3.63) is 16.1 Å². The molecule has 0 amide bonds. The second-order valence-electron chi connectivity index (χ2n) is 4.17. The van der Waals surface area contributed by atoms with Crippen LogP contribution in [0.5, 0.6) is 17.2 Å². The topological polar surface area (TPSA) is 58.9 Å². The average molecular weight is 289 g/mol. The number of rotatable bonds is 1. The van der Waals surface area contributed by atoms with Gasteiger partial charge < -0.3 is 19.7 Å². The summed E-state index contributed by atoms with van der Waals surface area (Å²) in [4.78, 5) is 0. The van der Waals surface area contributed by atoms with E-state index >= 15 is 0 Å². The van der Waals surface area contributed by atoms with Gasteiger partial charge in [0.15, 0.2) is 11.5 Å². The summed E-state index contributed by atoms with van der Waals surface area (Å²) in [5.74, 6) is 0.934. The third-order valence-corrected chi connectivity index (χ3v) is 2.98. The molecule has 0 unspecified atom stereocenters. The van der Waals surface area contributed by atoms with Crippen molar-refractivity contribution in [3.63, 3.8) is 0 Å². The van der Waals surface area contributed by atoms with E-state index in [0.717, 1.165) is 0 Å². The molecule has 1 aromatic carbocycles. The minimum Gasteiger partial charge on any atom is -0.506 e. The molecule has 1 aromatic rings. The van der Waals surface area contributed by atoms with Crippen LogP contribution < -0.4 is 9.47 Å². The zero-order valence-corrected chi connectivity index (χ0v) is 10.7. The number of aliphatic hydroxyl groups is 1. The Bertz CT molecular complexity index is 423. The highest BCUT2D eigenvalue weighted by atomic mass is 79.9. The first kappa shape index (κ1) is 11.5. The quantitative estimate of drug-likeness (QED) is 0.831. The molecule has 0 radical (unpaired) electrons. The Morgan fingerprint density at radius 1 is 1.31 bits per heavy atom. The Balaban J connectivity index is 2.69. The number of fused-ring (bicyclic) bond motifs is 1. The van der Waals surface area contributed by atoms with Crippen LogP contribution >= 0.6 is 15.9 Å². The molecule has 0 aliphatic carbocycles. The van der Waals surface area contributed by atoms with Crippen LogP contribution in [0, 0.1) is 0 Å². The summed E-state index contributed by atoms with van der Waals surface area (Å²) < 4.78 is 11.3. The Morgan fingerprint density at radius 2 is 1.94 bits per heavy atom. The molecule has 4 nitrogen and oxygen atoms in total. The normalized spacial score (nSPS) is 15.0. The van der Waals surface area contributed by atoms with E-state index in [9.17, 15) is 10.2 Å². The Kier molecular flexibility index (Phi) is 2.75. The van der Waals surface area contributed by atoms with Crippen molar-refractivity contribution in [1.82, 2.24) is 0 Å². The Morgan fingerprint density at radius 3 is 2.56 bits per heavy atom. The Hall–Kier alpha value is -0.940. The van der Waals surface area contributed by atoms with Crippen molar-refractivity contribution in [1.29, 1.82) is 0 Å². The predicted octanol–water partition coefficient (Wildman–Crippen LogP) is 2.15. The fourth-order valence-corrected chi connectivity index (χ4v) is 2.12. The SMILES string of the molecule is CC(C)(O)c1c(O)c(Br)cc2c1OCCO2. The molecule has 1 aliphatic rings. The number of benzene rings is 1. The lowest BCUT2D eigenvalue weighted by Gasteiger charge is -2.27. The van der Waals surface area contributed by atoms with Crippen molar-refractivity contribution in [3.8, 4) is 17.2 Å². The summed E-state index contributed by atoms with van der Waals surface area (Å²) in [6.45, 7) is 4.06. The maximum atomic E-state index is 10.0. The van der Waals surface area contributed by atoms with Crippen molar-refractivity contribution < 1.29 is 19.7 Å².